The van der Waals surface area contributed by atoms with Crippen LogP contribution in [0.25, 0.3) is 11.4 Å². The maximum atomic E-state index is 11.6. The molecule has 1 heterocycles. The van der Waals surface area contributed by atoms with E-state index < -0.39 is 9.05 Å². The first-order valence-electron chi connectivity index (χ1n) is 6.30. The zero-order valence-electron chi connectivity index (χ0n) is 12.2. The van der Waals surface area contributed by atoms with Gasteiger partial charge in [-0.05, 0) is 32.9 Å². The highest BCUT2D eigenvalue weighted by Gasteiger charge is 2.26. The van der Waals surface area contributed by atoms with Gasteiger partial charge in [0.1, 0.15) is 5.75 Å². The van der Waals surface area contributed by atoms with Crippen LogP contribution in [0.1, 0.15) is 25.5 Å². The molecule has 0 aliphatic carbocycles. The Morgan fingerprint density at radius 1 is 1.29 bits per heavy atom. The number of rotatable bonds is 4. The van der Waals surface area contributed by atoms with Crippen LogP contribution in [0, 0.1) is 6.92 Å². The van der Waals surface area contributed by atoms with Crippen LogP contribution in [0.2, 0.25) is 0 Å². The molecule has 1 aromatic heterocycles. The lowest BCUT2D eigenvalue weighted by Crippen LogP contribution is -2.10. The first-order valence-corrected chi connectivity index (χ1v) is 8.61. The molecule has 21 heavy (non-hydrogen) atoms. The van der Waals surface area contributed by atoms with Gasteiger partial charge in [0.25, 0.3) is 14.2 Å². The van der Waals surface area contributed by atoms with Gasteiger partial charge in [-0.1, -0.05) is 11.6 Å². The number of benzene rings is 1. The summed E-state index contributed by atoms with van der Waals surface area (Å²) < 4.78 is 30.1. The minimum atomic E-state index is -3.97. The highest BCUT2D eigenvalue weighted by atomic mass is 35.7. The molecule has 6 nitrogen and oxygen atoms in total. The SMILES string of the molecule is COc1ccc(C)cc1-c1nnc(S(=O)(=O)Cl)n1C(C)C. The first kappa shape index (κ1) is 15.8. The Morgan fingerprint density at radius 2 is 1.95 bits per heavy atom. The van der Waals surface area contributed by atoms with Gasteiger partial charge in [-0.2, -0.15) is 0 Å². The zero-order valence-corrected chi connectivity index (χ0v) is 13.7. The summed E-state index contributed by atoms with van der Waals surface area (Å²) >= 11 is 0. The van der Waals surface area contributed by atoms with E-state index in [1.807, 2.05) is 32.9 Å². The van der Waals surface area contributed by atoms with Gasteiger partial charge in [-0.3, -0.25) is 4.57 Å². The molecule has 0 aliphatic rings. The van der Waals surface area contributed by atoms with E-state index in [-0.39, 0.29) is 11.2 Å². The molecule has 0 radical (unpaired) electrons. The summed E-state index contributed by atoms with van der Waals surface area (Å²) in [4.78, 5) is 0. The number of nitrogens with zero attached hydrogens (tertiary/aromatic N) is 3. The molecule has 0 spiro atoms. The average Bonchev–Trinajstić information content (AvgIpc) is 2.83. The summed E-state index contributed by atoms with van der Waals surface area (Å²) in [6.07, 6.45) is 0. The predicted molar refractivity (Wildman–Crippen MR) is 80.2 cm³/mol. The van der Waals surface area contributed by atoms with E-state index in [1.165, 1.54) is 4.57 Å². The van der Waals surface area contributed by atoms with Crippen LogP contribution < -0.4 is 4.74 Å². The lowest BCUT2D eigenvalue weighted by molar-refractivity contribution is 0.415. The molecule has 2 aromatic rings. The van der Waals surface area contributed by atoms with Gasteiger partial charge >= 0.3 is 0 Å². The average molecular weight is 330 g/mol. The number of aryl methyl sites for hydroxylation is 1. The highest BCUT2D eigenvalue weighted by molar-refractivity contribution is 8.13. The summed E-state index contributed by atoms with van der Waals surface area (Å²) in [5, 5.41) is 7.45. The minimum absolute atomic E-state index is 0.177. The molecule has 0 saturated carbocycles. The van der Waals surface area contributed by atoms with Gasteiger partial charge in [0, 0.05) is 16.7 Å². The van der Waals surface area contributed by atoms with Crippen LogP contribution in [0.4, 0.5) is 0 Å². The summed E-state index contributed by atoms with van der Waals surface area (Å²) in [6, 6.07) is 5.40. The summed E-state index contributed by atoms with van der Waals surface area (Å²) in [5.41, 5.74) is 1.67. The molecule has 0 saturated heterocycles. The Hall–Kier alpha value is -1.60. The molecule has 0 amide bonds. The Balaban J connectivity index is 2.77. The van der Waals surface area contributed by atoms with Crippen LogP contribution >= 0.6 is 10.7 Å². The third kappa shape index (κ3) is 3.03. The molecule has 0 atom stereocenters. The molecular weight excluding hydrogens is 314 g/mol. The van der Waals surface area contributed by atoms with Crippen LogP contribution in [0.5, 0.6) is 5.75 Å². The number of methoxy groups -OCH3 is 1. The van der Waals surface area contributed by atoms with Crippen LogP contribution in [0.3, 0.4) is 0 Å². The van der Waals surface area contributed by atoms with Crippen LogP contribution in [0.15, 0.2) is 23.4 Å². The second kappa shape index (κ2) is 5.65. The Bertz CT molecular complexity index is 769. The van der Waals surface area contributed by atoms with E-state index >= 15 is 0 Å². The first-order chi connectivity index (χ1) is 9.75. The minimum Gasteiger partial charge on any atom is -0.496 e. The zero-order chi connectivity index (χ0) is 15.8. The molecule has 114 valence electrons. The second-order valence-electron chi connectivity index (χ2n) is 4.91. The number of hydrogen-bond donors (Lipinski definition) is 0. The van der Waals surface area contributed by atoms with E-state index in [2.05, 4.69) is 10.2 Å². The number of halogens is 1. The van der Waals surface area contributed by atoms with E-state index in [9.17, 15) is 8.42 Å². The second-order valence-corrected chi connectivity index (χ2v) is 7.37. The van der Waals surface area contributed by atoms with Crippen molar-refractivity contribution in [2.24, 2.45) is 0 Å². The van der Waals surface area contributed by atoms with Gasteiger partial charge in [0.15, 0.2) is 5.82 Å². The molecule has 0 aliphatic heterocycles. The van der Waals surface area contributed by atoms with Crippen LogP contribution in [-0.2, 0) is 9.05 Å². The van der Waals surface area contributed by atoms with E-state index in [1.54, 1.807) is 13.2 Å². The fourth-order valence-corrected chi connectivity index (χ4v) is 3.08. The summed E-state index contributed by atoms with van der Waals surface area (Å²) in [5.74, 6) is 0.998. The van der Waals surface area contributed by atoms with E-state index in [0.29, 0.717) is 17.1 Å². The molecule has 1 aromatic carbocycles. The van der Waals surface area contributed by atoms with Crippen molar-refractivity contribution in [3.05, 3.63) is 23.8 Å². The largest absolute Gasteiger partial charge is 0.496 e. The normalized spacial score (nSPS) is 11.9. The molecule has 0 unspecified atom stereocenters. The van der Waals surface area contributed by atoms with Crippen LogP contribution in [-0.4, -0.2) is 30.3 Å². The van der Waals surface area contributed by atoms with Crippen molar-refractivity contribution in [2.45, 2.75) is 32.0 Å². The molecular formula is C13H16ClN3O3S. The molecule has 0 N–H and O–H groups in total. The van der Waals surface area contributed by atoms with Crippen molar-refractivity contribution in [1.29, 1.82) is 0 Å². The van der Waals surface area contributed by atoms with Gasteiger partial charge in [-0.15, -0.1) is 10.2 Å². The van der Waals surface area contributed by atoms with E-state index in [4.69, 9.17) is 15.4 Å². The van der Waals surface area contributed by atoms with Crippen molar-refractivity contribution < 1.29 is 13.2 Å². The lowest BCUT2D eigenvalue weighted by Gasteiger charge is -2.14. The Labute approximate surface area is 128 Å². The number of ether oxygens (including phenoxy) is 1. The van der Waals surface area contributed by atoms with Gasteiger partial charge in [0.2, 0.25) is 0 Å². The van der Waals surface area contributed by atoms with Gasteiger partial charge in [0.05, 0.1) is 12.7 Å². The monoisotopic (exact) mass is 329 g/mol. The quantitative estimate of drug-likeness (QED) is 0.806. The topological polar surface area (TPSA) is 74.1 Å². The summed E-state index contributed by atoms with van der Waals surface area (Å²) in [6.45, 7) is 5.60. The lowest BCUT2D eigenvalue weighted by atomic mass is 10.1. The smallest absolute Gasteiger partial charge is 0.296 e. The standard InChI is InChI=1S/C13H16ClN3O3S/c1-8(2)17-12(15-16-13(17)21(14,18)19)10-7-9(3)5-6-11(10)20-4/h5-8H,1-4H3. The molecule has 2 rings (SSSR count). The van der Waals surface area contributed by atoms with Crippen molar-refractivity contribution in [3.63, 3.8) is 0 Å². The third-order valence-corrected chi connectivity index (χ3v) is 4.12. The van der Waals surface area contributed by atoms with Gasteiger partial charge < -0.3 is 4.74 Å². The fraction of sp³-hybridized carbons (Fsp3) is 0.385. The summed E-state index contributed by atoms with van der Waals surface area (Å²) in [7, 11) is 3.00. The van der Waals surface area contributed by atoms with Crippen molar-refractivity contribution in [3.8, 4) is 17.1 Å². The Morgan fingerprint density at radius 3 is 2.48 bits per heavy atom. The molecule has 8 heteroatoms. The fourth-order valence-electron chi connectivity index (χ4n) is 2.09. The van der Waals surface area contributed by atoms with Crippen molar-refractivity contribution in [1.82, 2.24) is 14.8 Å². The number of hydrogen-bond acceptors (Lipinski definition) is 5. The maximum absolute atomic E-state index is 11.6. The maximum Gasteiger partial charge on any atom is 0.296 e. The predicted octanol–water partition coefficient (Wildman–Crippen LogP) is 2.77. The molecule has 0 fully saturated rings. The van der Waals surface area contributed by atoms with Crippen molar-refractivity contribution >= 4 is 19.7 Å². The Kier molecular flexibility index (Phi) is 4.25. The van der Waals surface area contributed by atoms with Gasteiger partial charge in [-0.25, -0.2) is 8.42 Å². The van der Waals surface area contributed by atoms with Crippen molar-refractivity contribution in [2.75, 3.05) is 7.11 Å². The number of aromatic nitrogens is 3. The molecule has 0 bridgehead atoms. The van der Waals surface area contributed by atoms with E-state index in [0.717, 1.165) is 5.56 Å². The highest BCUT2D eigenvalue weighted by Crippen LogP contribution is 2.33. The third-order valence-electron chi connectivity index (χ3n) is 2.99.